The lowest BCUT2D eigenvalue weighted by molar-refractivity contribution is -0.137. The van der Waals surface area contributed by atoms with Crippen LogP contribution in [0.2, 0.25) is 0 Å². The number of carbonyl (C=O) groups is 1. The Hall–Kier alpha value is -1.51. The summed E-state index contributed by atoms with van der Waals surface area (Å²) in [5.74, 6) is 0.134. The molecule has 1 aromatic rings. The Labute approximate surface area is 134 Å². The van der Waals surface area contributed by atoms with Gasteiger partial charge in [0.1, 0.15) is 5.75 Å². The van der Waals surface area contributed by atoms with Gasteiger partial charge in [-0.25, -0.2) is 0 Å². The van der Waals surface area contributed by atoms with Gasteiger partial charge < -0.3 is 9.84 Å². The van der Waals surface area contributed by atoms with Gasteiger partial charge in [-0.15, -0.1) is 0 Å². The van der Waals surface area contributed by atoms with E-state index in [0.29, 0.717) is 0 Å². The first-order chi connectivity index (χ1) is 9.87. The van der Waals surface area contributed by atoms with Crippen LogP contribution in [0.1, 0.15) is 77.5 Å². The molecule has 0 amide bonds. The van der Waals surface area contributed by atoms with Gasteiger partial charge in [-0.1, -0.05) is 60.6 Å². The Morgan fingerprint density at radius 2 is 1.50 bits per heavy atom. The fraction of sp³-hybridized carbons (Fsp3) is 0.632. The highest BCUT2D eigenvalue weighted by Gasteiger charge is 2.28. The van der Waals surface area contributed by atoms with Crippen molar-refractivity contribution in [2.45, 2.75) is 71.6 Å². The molecule has 0 aliphatic heterocycles. The van der Waals surface area contributed by atoms with E-state index in [4.69, 9.17) is 9.84 Å². The van der Waals surface area contributed by atoms with E-state index in [-0.39, 0.29) is 23.2 Å². The number of methoxy groups -OCH3 is 1. The van der Waals surface area contributed by atoms with Crippen LogP contribution >= 0.6 is 0 Å². The lowest BCUT2D eigenvalue weighted by Gasteiger charge is -2.30. The zero-order valence-corrected chi connectivity index (χ0v) is 15.2. The molecule has 0 saturated carbocycles. The summed E-state index contributed by atoms with van der Waals surface area (Å²) in [5, 5.41) is 9.08. The molecule has 1 rings (SSSR count). The van der Waals surface area contributed by atoms with Gasteiger partial charge in [-0.05, 0) is 22.3 Å². The lowest BCUT2D eigenvalue weighted by atomic mass is 9.77. The Kier molecular flexibility index (Phi) is 5.32. The van der Waals surface area contributed by atoms with Gasteiger partial charge in [-0.2, -0.15) is 0 Å². The van der Waals surface area contributed by atoms with Crippen molar-refractivity contribution in [1.82, 2.24) is 0 Å². The van der Waals surface area contributed by atoms with E-state index in [1.165, 1.54) is 0 Å². The van der Waals surface area contributed by atoms with Crippen LogP contribution in [0.4, 0.5) is 0 Å². The fourth-order valence-electron chi connectivity index (χ4n) is 2.65. The highest BCUT2D eigenvalue weighted by molar-refractivity contribution is 5.68. The average Bonchev–Trinajstić information content (AvgIpc) is 2.34. The van der Waals surface area contributed by atoms with Crippen LogP contribution in [0.3, 0.4) is 0 Å². The third-order valence-electron chi connectivity index (χ3n) is 3.98. The first kappa shape index (κ1) is 18.5. The summed E-state index contributed by atoms with van der Waals surface area (Å²) < 4.78 is 5.73. The van der Waals surface area contributed by atoms with Crippen molar-refractivity contribution in [3.05, 3.63) is 28.8 Å². The Morgan fingerprint density at radius 3 is 1.77 bits per heavy atom. The van der Waals surface area contributed by atoms with Crippen molar-refractivity contribution in [1.29, 1.82) is 0 Å². The summed E-state index contributed by atoms with van der Waals surface area (Å²) in [7, 11) is 1.71. The molecule has 0 aliphatic carbocycles. The second kappa shape index (κ2) is 6.31. The maximum atomic E-state index is 11.0. The largest absolute Gasteiger partial charge is 0.496 e. The second-order valence-corrected chi connectivity index (χ2v) is 8.15. The zero-order valence-electron chi connectivity index (χ0n) is 15.2. The van der Waals surface area contributed by atoms with Crippen LogP contribution in [-0.4, -0.2) is 18.2 Å². The minimum atomic E-state index is -0.766. The molecule has 3 nitrogen and oxygen atoms in total. The number of carboxylic acids is 1. The van der Waals surface area contributed by atoms with E-state index in [1.807, 2.05) is 6.92 Å². The Balaban J connectivity index is 3.59. The quantitative estimate of drug-likeness (QED) is 0.863. The monoisotopic (exact) mass is 306 g/mol. The predicted molar refractivity (Wildman–Crippen MR) is 91.1 cm³/mol. The number of hydrogen-bond acceptors (Lipinski definition) is 2. The molecule has 124 valence electrons. The molecular weight excluding hydrogens is 276 g/mol. The van der Waals surface area contributed by atoms with Crippen LogP contribution in [0.25, 0.3) is 0 Å². The average molecular weight is 306 g/mol. The van der Waals surface area contributed by atoms with Gasteiger partial charge in [0.15, 0.2) is 0 Å². The highest BCUT2D eigenvalue weighted by atomic mass is 16.5. The maximum Gasteiger partial charge on any atom is 0.303 e. The van der Waals surface area contributed by atoms with Gasteiger partial charge in [-0.3, -0.25) is 4.79 Å². The van der Waals surface area contributed by atoms with Crippen molar-refractivity contribution in [2.24, 2.45) is 0 Å². The molecule has 0 spiro atoms. The predicted octanol–water partition coefficient (Wildman–Crippen LogP) is 4.87. The highest BCUT2D eigenvalue weighted by Crippen LogP contribution is 2.42. The van der Waals surface area contributed by atoms with Crippen molar-refractivity contribution < 1.29 is 14.6 Å². The minimum Gasteiger partial charge on any atom is -0.496 e. The second-order valence-electron chi connectivity index (χ2n) is 8.15. The number of ether oxygens (including phenoxy) is 1. The molecule has 22 heavy (non-hydrogen) atoms. The van der Waals surface area contributed by atoms with Crippen molar-refractivity contribution in [3.8, 4) is 5.75 Å². The fourth-order valence-corrected chi connectivity index (χ4v) is 2.65. The van der Waals surface area contributed by atoms with E-state index in [2.05, 4.69) is 53.7 Å². The number of rotatable bonds is 4. The molecule has 3 heteroatoms. The summed E-state index contributed by atoms with van der Waals surface area (Å²) in [6, 6.07) is 4.23. The molecule has 0 fully saturated rings. The number of hydrogen-bond donors (Lipinski definition) is 1. The normalized spacial score (nSPS) is 13.8. The molecule has 1 atom stereocenters. The summed E-state index contributed by atoms with van der Waals surface area (Å²) >= 11 is 0. The molecular formula is C19H30O3. The number of aliphatic carboxylic acids is 1. The molecule has 0 heterocycles. The first-order valence-corrected chi connectivity index (χ1v) is 7.82. The molecule has 0 aromatic heterocycles. The van der Waals surface area contributed by atoms with Crippen molar-refractivity contribution in [2.75, 3.05) is 7.11 Å². The SMILES string of the molecule is COc1c(C(C)(C)C)cc(C(C)CC(=O)O)cc1C(C)(C)C. The minimum absolute atomic E-state index is 0.0226. The van der Waals surface area contributed by atoms with Crippen LogP contribution < -0.4 is 4.74 Å². The lowest BCUT2D eigenvalue weighted by Crippen LogP contribution is -2.20. The Morgan fingerprint density at radius 1 is 1.09 bits per heavy atom. The third-order valence-corrected chi connectivity index (χ3v) is 3.98. The Bertz CT molecular complexity index is 510. The molecule has 0 radical (unpaired) electrons. The van der Waals surface area contributed by atoms with E-state index in [0.717, 1.165) is 22.4 Å². The van der Waals surface area contributed by atoms with E-state index < -0.39 is 5.97 Å². The molecule has 1 unspecified atom stereocenters. The van der Waals surface area contributed by atoms with E-state index in [9.17, 15) is 4.79 Å². The van der Waals surface area contributed by atoms with Gasteiger partial charge in [0.2, 0.25) is 0 Å². The van der Waals surface area contributed by atoms with Crippen molar-refractivity contribution in [3.63, 3.8) is 0 Å². The topological polar surface area (TPSA) is 46.5 Å². The van der Waals surface area contributed by atoms with E-state index >= 15 is 0 Å². The molecule has 0 bridgehead atoms. The standard InChI is InChI=1S/C19H30O3/c1-12(9-16(20)21)13-10-14(18(2,3)4)17(22-8)15(11-13)19(5,6)7/h10-12H,9H2,1-8H3,(H,20,21). The molecule has 0 aliphatic rings. The molecule has 0 saturated heterocycles. The van der Waals surface area contributed by atoms with Crippen molar-refractivity contribution >= 4 is 5.97 Å². The third kappa shape index (κ3) is 4.25. The van der Waals surface area contributed by atoms with Crippen LogP contribution in [-0.2, 0) is 15.6 Å². The van der Waals surface area contributed by atoms with Gasteiger partial charge in [0.05, 0.1) is 13.5 Å². The van der Waals surface area contributed by atoms with Crippen LogP contribution in [0.5, 0.6) is 5.75 Å². The molecule has 1 N–H and O–H groups in total. The van der Waals surface area contributed by atoms with Gasteiger partial charge in [0.25, 0.3) is 0 Å². The summed E-state index contributed by atoms with van der Waals surface area (Å²) in [6.45, 7) is 14.9. The number of carboxylic acid groups (broad SMARTS) is 1. The van der Waals surface area contributed by atoms with E-state index in [1.54, 1.807) is 7.11 Å². The zero-order chi connectivity index (χ0) is 17.3. The summed E-state index contributed by atoms with van der Waals surface area (Å²) in [6.07, 6.45) is 0.138. The smallest absolute Gasteiger partial charge is 0.303 e. The summed E-state index contributed by atoms with van der Waals surface area (Å²) in [5.41, 5.74) is 3.21. The number of benzene rings is 1. The molecule has 1 aromatic carbocycles. The summed E-state index contributed by atoms with van der Waals surface area (Å²) in [4.78, 5) is 11.0. The van der Waals surface area contributed by atoms with Crippen LogP contribution in [0, 0.1) is 0 Å². The van der Waals surface area contributed by atoms with Gasteiger partial charge in [0, 0.05) is 11.1 Å². The maximum absolute atomic E-state index is 11.0. The first-order valence-electron chi connectivity index (χ1n) is 7.82. The van der Waals surface area contributed by atoms with Crippen LogP contribution in [0.15, 0.2) is 12.1 Å². The van der Waals surface area contributed by atoms with Gasteiger partial charge >= 0.3 is 5.97 Å².